The van der Waals surface area contributed by atoms with Crippen LogP contribution in [0, 0.1) is 0 Å². The van der Waals surface area contributed by atoms with Gasteiger partial charge in [-0.1, -0.05) is 40.4 Å². The van der Waals surface area contributed by atoms with E-state index in [2.05, 4.69) is 31.6 Å². The molecule has 0 spiro atoms. The fourth-order valence-electron chi connectivity index (χ4n) is 3.89. The van der Waals surface area contributed by atoms with E-state index < -0.39 is 0 Å². The largest absolute Gasteiger partial charge is 0.310 e. The van der Waals surface area contributed by atoms with Crippen molar-refractivity contribution in [2.75, 3.05) is 11.4 Å². The Balaban J connectivity index is 1.38. The van der Waals surface area contributed by atoms with Crippen molar-refractivity contribution in [2.45, 2.75) is 57.2 Å². The molecule has 1 aromatic carbocycles. The number of amides is 1. The van der Waals surface area contributed by atoms with Crippen LogP contribution in [-0.2, 0) is 11.3 Å². The Morgan fingerprint density at radius 1 is 1.12 bits per heavy atom. The SMILES string of the molecule is O=C1C(n2cc(CNC3CCCCC3)nn2)CCN1c1ccc(Br)cc1. The molecule has 1 amide bonds. The Morgan fingerprint density at radius 2 is 1.88 bits per heavy atom. The Kier molecular flexibility index (Phi) is 5.36. The summed E-state index contributed by atoms with van der Waals surface area (Å²) in [5.74, 6) is 0.0870. The summed E-state index contributed by atoms with van der Waals surface area (Å²) < 4.78 is 2.75. The van der Waals surface area contributed by atoms with Crippen molar-refractivity contribution >= 4 is 27.5 Å². The fraction of sp³-hybridized carbons (Fsp3) is 0.526. The molecule has 4 rings (SSSR count). The third-order valence-corrected chi connectivity index (χ3v) is 5.90. The molecular weight excluding hydrogens is 394 g/mol. The molecule has 7 heteroatoms. The molecule has 2 aliphatic rings. The van der Waals surface area contributed by atoms with Crippen LogP contribution in [0.25, 0.3) is 0 Å². The van der Waals surface area contributed by atoms with Gasteiger partial charge in [0.1, 0.15) is 6.04 Å². The number of hydrogen-bond donors (Lipinski definition) is 1. The molecule has 1 saturated heterocycles. The standard InChI is InChI=1S/C19H24BrN5O/c20-14-6-8-17(9-7-14)24-11-10-18(19(24)26)25-13-16(22-23-25)12-21-15-4-2-1-3-5-15/h6-9,13,15,18,21H,1-5,10-12H2. The van der Waals surface area contributed by atoms with Crippen LogP contribution in [0.5, 0.6) is 0 Å². The monoisotopic (exact) mass is 417 g/mol. The molecule has 1 aliphatic carbocycles. The van der Waals surface area contributed by atoms with E-state index in [1.54, 1.807) is 4.68 Å². The highest BCUT2D eigenvalue weighted by atomic mass is 79.9. The van der Waals surface area contributed by atoms with E-state index in [0.29, 0.717) is 12.6 Å². The van der Waals surface area contributed by atoms with Crippen molar-refractivity contribution in [3.05, 3.63) is 40.6 Å². The van der Waals surface area contributed by atoms with Gasteiger partial charge in [0.2, 0.25) is 0 Å². The fourth-order valence-corrected chi connectivity index (χ4v) is 4.15. The smallest absolute Gasteiger partial charge is 0.251 e. The average molecular weight is 418 g/mol. The van der Waals surface area contributed by atoms with Gasteiger partial charge in [-0.3, -0.25) is 4.79 Å². The van der Waals surface area contributed by atoms with E-state index in [-0.39, 0.29) is 11.9 Å². The Morgan fingerprint density at radius 3 is 2.65 bits per heavy atom. The number of carbonyl (C=O) groups excluding carboxylic acids is 1. The molecule has 2 fully saturated rings. The minimum atomic E-state index is -0.255. The van der Waals surface area contributed by atoms with Crippen LogP contribution >= 0.6 is 15.9 Å². The predicted octanol–water partition coefficient (Wildman–Crippen LogP) is 3.44. The van der Waals surface area contributed by atoms with Crippen LogP contribution in [-0.4, -0.2) is 33.5 Å². The van der Waals surface area contributed by atoms with Crippen LogP contribution in [0.1, 0.15) is 50.3 Å². The molecule has 1 atom stereocenters. The molecule has 6 nitrogen and oxygen atoms in total. The molecule has 1 aromatic heterocycles. The molecule has 1 saturated carbocycles. The molecule has 26 heavy (non-hydrogen) atoms. The lowest BCUT2D eigenvalue weighted by Gasteiger charge is -2.22. The van der Waals surface area contributed by atoms with Gasteiger partial charge in [-0.2, -0.15) is 0 Å². The second kappa shape index (κ2) is 7.88. The van der Waals surface area contributed by atoms with Gasteiger partial charge in [-0.05, 0) is 43.5 Å². The molecule has 2 aromatic rings. The molecule has 1 N–H and O–H groups in total. The molecule has 0 radical (unpaired) electrons. The second-order valence-electron chi connectivity index (χ2n) is 7.18. The lowest BCUT2D eigenvalue weighted by atomic mass is 9.95. The highest BCUT2D eigenvalue weighted by Gasteiger charge is 2.34. The molecule has 0 bridgehead atoms. The number of rotatable bonds is 5. The van der Waals surface area contributed by atoms with Gasteiger partial charge in [-0.15, -0.1) is 5.10 Å². The zero-order valence-corrected chi connectivity index (χ0v) is 16.4. The van der Waals surface area contributed by atoms with Gasteiger partial charge >= 0.3 is 0 Å². The zero-order valence-electron chi connectivity index (χ0n) is 14.8. The second-order valence-corrected chi connectivity index (χ2v) is 8.09. The summed E-state index contributed by atoms with van der Waals surface area (Å²) in [7, 11) is 0. The topological polar surface area (TPSA) is 63.1 Å². The lowest BCUT2D eigenvalue weighted by molar-refractivity contribution is -0.120. The number of carbonyl (C=O) groups is 1. The minimum absolute atomic E-state index is 0.0870. The Bertz CT molecular complexity index is 754. The van der Waals surface area contributed by atoms with Crippen LogP contribution in [0.2, 0.25) is 0 Å². The predicted molar refractivity (Wildman–Crippen MR) is 104 cm³/mol. The molecule has 1 unspecified atom stereocenters. The third-order valence-electron chi connectivity index (χ3n) is 5.37. The van der Waals surface area contributed by atoms with Crippen LogP contribution in [0.4, 0.5) is 5.69 Å². The quantitative estimate of drug-likeness (QED) is 0.808. The number of nitrogens with one attached hydrogen (secondary N) is 1. The maximum atomic E-state index is 12.8. The number of aromatic nitrogens is 3. The summed E-state index contributed by atoms with van der Waals surface area (Å²) in [6, 6.07) is 8.18. The molecular formula is C19H24BrN5O. The highest BCUT2D eigenvalue weighted by molar-refractivity contribution is 9.10. The minimum Gasteiger partial charge on any atom is -0.310 e. The summed E-state index contributed by atoms with van der Waals surface area (Å²) in [4.78, 5) is 14.6. The normalized spacial score (nSPS) is 21.5. The summed E-state index contributed by atoms with van der Waals surface area (Å²) in [5, 5.41) is 12.1. The first-order chi connectivity index (χ1) is 12.7. The van der Waals surface area contributed by atoms with E-state index >= 15 is 0 Å². The van der Waals surface area contributed by atoms with Gasteiger partial charge in [0.15, 0.2) is 0 Å². The average Bonchev–Trinajstić information content (AvgIpc) is 3.28. The van der Waals surface area contributed by atoms with E-state index in [1.807, 2.05) is 35.4 Å². The number of anilines is 1. The maximum absolute atomic E-state index is 12.8. The number of hydrogen-bond acceptors (Lipinski definition) is 4. The number of halogens is 1. The summed E-state index contributed by atoms with van der Waals surface area (Å²) in [5.41, 5.74) is 1.84. The summed E-state index contributed by atoms with van der Waals surface area (Å²) >= 11 is 3.43. The first-order valence-corrected chi connectivity index (χ1v) is 10.2. The zero-order chi connectivity index (χ0) is 17.9. The summed E-state index contributed by atoms with van der Waals surface area (Å²) in [6.07, 6.45) is 9.15. The van der Waals surface area contributed by atoms with Crippen molar-refractivity contribution < 1.29 is 4.79 Å². The van der Waals surface area contributed by atoms with Crippen molar-refractivity contribution in [1.29, 1.82) is 0 Å². The van der Waals surface area contributed by atoms with Gasteiger partial charge in [0.25, 0.3) is 5.91 Å². The Labute approximate surface area is 162 Å². The van der Waals surface area contributed by atoms with Crippen LogP contribution < -0.4 is 10.2 Å². The van der Waals surface area contributed by atoms with Gasteiger partial charge in [-0.25, -0.2) is 4.68 Å². The van der Waals surface area contributed by atoms with E-state index in [1.165, 1.54) is 32.1 Å². The van der Waals surface area contributed by atoms with Crippen molar-refractivity contribution in [2.24, 2.45) is 0 Å². The van der Waals surface area contributed by atoms with E-state index in [0.717, 1.165) is 28.8 Å². The van der Waals surface area contributed by atoms with E-state index in [4.69, 9.17) is 0 Å². The Hall–Kier alpha value is -1.73. The molecule has 138 valence electrons. The first kappa shape index (κ1) is 17.7. The van der Waals surface area contributed by atoms with Crippen molar-refractivity contribution in [1.82, 2.24) is 20.3 Å². The lowest BCUT2D eigenvalue weighted by Crippen LogP contribution is -2.30. The van der Waals surface area contributed by atoms with E-state index in [9.17, 15) is 4.79 Å². The van der Waals surface area contributed by atoms with Crippen LogP contribution in [0.3, 0.4) is 0 Å². The first-order valence-electron chi connectivity index (χ1n) is 9.42. The van der Waals surface area contributed by atoms with Gasteiger partial charge in [0.05, 0.1) is 11.9 Å². The van der Waals surface area contributed by atoms with Crippen molar-refractivity contribution in [3.8, 4) is 0 Å². The highest BCUT2D eigenvalue weighted by Crippen LogP contribution is 2.29. The van der Waals surface area contributed by atoms with Gasteiger partial charge < -0.3 is 10.2 Å². The van der Waals surface area contributed by atoms with Crippen molar-refractivity contribution in [3.63, 3.8) is 0 Å². The molecule has 1 aliphatic heterocycles. The summed E-state index contributed by atoms with van der Waals surface area (Å²) in [6.45, 7) is 1.43. The van der Waals surface area contributed by atoms with Crippen LogP contribution in [0.15, 0.2) is 34.9 Å². The number of nitrogens with zero attached hydrogens (tertiary/aromatic N) is 4. The number of benzene rings is 1. The third kappa shape index (κ3) is 3.83. The maximum Gasteiger partial charge on any atom is 0.251 e. The van der Waals surface area contributed by atoms with Gasteiger partial charge in [0, 0.05) is 29.3 Å². The molecule has 2 heterocycles.